The normalized spacial score (nSPS) is 16.1. The molecule has 1 fully saturated rings. The Morgan fingerprint density at radius 3 is 2.52 bits per heavy atom. The zero-order valence-electron chi connectivity index (χ0n) is 15.1. The maximum Gasteiger partial charge on any atom is 0.405 e. The standard InChI is InChI=1S/C18H23F3N4O2/c1-27-11-10-23-6-8-24(9-7-23)16-5-4-15-3-2-14(12-25(15)16)17(26)22-13-18(19,20)21/h2-5,12H,6-11,13H2,1H3,(H,22,26). The molecule has 3 rings (SSSR count). The van der Waals surface area contributed by atoms with E-state index < -0.39 is 18.6 Å². The van der Waals surface area contributed by atoms with E-state index in [4.69, 9.17) is 4.74 Å². The first-order chi connectivity index (χ1) is 12.9. The number of nitrogens with zero attached hydrogens (tertiary/aromatic N) is 3. The van der Waals surface area contributed by atoms with Crippen LogP contribution in [0, 0.1) is 0 Å². The highest BCUT2D eigenvalue weighted by Crippen LogP contribution is 2.22. The number of carbonyl (C=O) groups excluding carboxylic acids is 1. The Kier molecular flexibility index (Phi) is 5.91. The van der Waals surface area contributed by atoms with Gasteiger partial charge in [-0.1, -0.05) is 0 Å². The lowest BCUT2D eigenvalue weighted by molar-refractivity contribution is -0.123. The van der Waals surface area contributed by atoms with Gasteiger partial charge in [-0.3, -0.25) is 9.69 Å². The summed E-state index contributed by atoms with van der Waals surface area (Å²) in [5.41, 5.74) is 1.09. The average molecular weight is 384 g/mol. The maximum absolute atomic E-state index is 12.3. The highest BCUT2D eigenvalue weighted by molar-refractivity contribution is 5.94. The van der Waals surface area contributed by atoms with Gasteiger partial charge in [-0.05, 0) is 24.3 Å². The Balaban J connectivity index is 1.71. The number of alkyl halides is 3. The predicted octanol–water partition coefficient (Wildman–Crippen LogP) is 2.00. The van der Waals surface area contributed by atoms with Gasteiger partial charge in [-0.15, -0.1) is 0 Å². The number of aromatic nitrogens is 1. The molecule has 148 valence electrons. The van der Waals surface area contributed by atoms with Crippen molar-refractivity contribution in [1.29, 1.82) is 0 Å². The Hall–Kier alpha value is -2.26. The summed E-state index contributed by atoms with van der Waals surface area (Å²) < 4.78 is 43.9. The Labute approximate surface area is 155 Å². The second-order valence-electron chi connectivity index (χ2n) is 6.52. The number of hydrogen-bond acceptors (Lipinski definition) is 4. The van der Waals surface area contributed by atoms with E-state index in [0.717, 1.165) is 44.1 Å². The van der Waals surface area contributed by atoms with Crippen LogP contribution < -0.4 is 10.2 Å². The molecule has 2 aromatic heterocycles. The smallest absolute Gasteiger partial charge is 0.383 e. The molecule has 1 aliphatic heterocycles. The van der Waals surface area contributed by atoms with E-state index in [2.05, 4.69) is 9.80 Å². The van der Waals surface area contributed by atoms with Crippen molar-refractivity contribution < 1.29 is 22.7 Å². The number of methoxy groups -OCH3 is 1. The fourth-order valence-electron chi connectivity index (χ4n) is 3.18. The molecule has 27 heavy (non-hydrogen) atoms. The molecule has 0 saturated carbocycles. The summed E-state index contributed by atoms with van der Waals surface area (Å²) in [5.74, 6) is 0.195. The van der Waals surface area contributed by atoms with Crippen molar-refractivity contribution >= 4 is 17.2 Å². The molecule has 1 amide bonds. The van der Waals surface area contributed by atoms with E-state index in [9.17, 15) is 18.0 Å². The minimum Gasteiger partial charge on any atom is -0.383 e. The topological polar surface area (TPSA) is 49.2 Å². The van der Waals surface area contributed by atoms with E-state index in [0.29, 0.717) is 6.61 Å². The van der Waals surface area contributed by atoms with Crippen LogP contribution in [0.3, 0.4) is 0 Å². The molecular weight excluding hydrogens is 361 g/mol. The summed E-state index contributed by atoms with van der Waals surface area (Å²) >= 11 is 0. The first kappa shape index (κ1) is 19.5. The van der Waals surface area contributed by atoms with Gasteiger partial charge in [-0.2, -0.15) is 13.2 Å². The van der Waals surface area contributed by atoms with Crippen LogP contribution in [0.25, 0.3) is 5.52 Å². The van der Waals surface area contributed by atoms with Crippen LogP contribution in [0.2, 0.25) is 0 Å². The van der Waals surface area contributed by atoms with Crippen molar-refractivity contribution in [2.24, 2.45) is 0 Å². The van der Waals surface area contributed by atoms with Crippen LogP contribution in [0.15, 0.2) is 30.5 Å². The number of rotatable bonds is 6. The lowest BCUT2D eigenvalue weighted by Crippen LogP contribution is -2.47. The number of ether oxygens (including phenoxy) is 1. The summed E-state index contributed by atoms with van der Waals surface area (Å²) in [6.07, 6.45) is -2.84. The van der Waals surface area contributed by atoms with Gasteiger partial charge in [0.2, 0.25) is 0 Å². The second-order valence-corrected chi connectivity index (χ2v) is 6.52. The van der Waals surface area contributed by atoms with Crippen molar-refractivity contribution in [3.8, 4) is 0 Å². The summed E-state index contributed by atoms with van der Waals surface area (Å²) in [6, 6.07) is 7.18. The van der Waals surface area contributed by atoms with E-state index in [1.807, 2.05) is 21.9 Å². The number of fused-ring (bicyclic) bond motifs is 1. The number of hydrogen-bond donors (Lipinski definition) is 1. The fraction of sp³-hybridized carbons (Fsp3) is 0.500. The number of carbonyl (C=O) groups is 1. The van der Waals surface area contributed by atoms with Crippen molar-refractivity contribution in [1.82, 2.24) is 14.6 Å². The second kappa shape index (κ2) is 8.18. The minimum atomic E-state index is -4.43. The number of anilines is 1. The van der Waals surface area contributed by atoms with Gasteiger partial charge in [0.15, 0.2) is 0 Å². The van der Waals surface area contributed by atoms with Crippen LogP contribution in [-0.2, 0) is 4.74 Å². The van der Waals surface area contributed by atoms with Crippen LogP contribution in [0.1, 0.15) is 10.4 Å². The third-order valence-electron chi connectivity index (χ3n) is 4.65. The summed E-state index contributed by atoms with van der Waals surface area (Å²) in [7, 11) is 1.69. The minimum absolute atomic E-state index is 0.197. The Bertz CT molecular complexity index is 782. The molecular formula is C18H23F3N4O2. The van der Waals surface area contributed by atoms with Crippen LogP contribution in [0.4, 0.5) is 19.0 Å². The molecule has 0 aliphatic carbocycles. The fourth-order valence-corrected chi connectivity index (χ4v) is 3.18. The number of nitrogens with one attached hydrogen (secondary N) is 1. The number of pyridine rings is 1. The quantitative estimate of drug-likeness (QED) is 0.828. The van der Waals surface area contributed by atoms with E-state index in [-0.39, 0.29) is 5.56 Å². The van der Waals surface area contributed by atoms with Gasteiger partial charge >= 0.3 is 6.18 Å². The van der Waals surface area contributed by atoms with Gasteiger partial charge in [0.05, 0.1) is 12.2 Å². The van der Waals surface area contributed by atoms with Gasteiger partial charge in [0.25, 0.3) is 5.91 Å². The summed E-state index contributed by atoms with van der Waals surface area (Å²) in [5, 5.41) is 1.91. The summed E-state index contributed by atoms with van der Waals surface area (Å²) in [4.78, 5) is 16.6. The lowest BCUT2D eigenvalue weighted by atomic mass is 10.2. The monoisotopic (exact) mass is 384 g/mol. The molecule has 0 spiro atoms. The van der Waals surface area contributed by atoms with Crippen molar-refractivity contribution in [2.45, 2.75) is 6.18 Å². The molecule has 1 N–H and O–H groups in total. The Morgan fingerprint density at radius 2 is 1.85 bits per heavy atom. The predicted molar refractivity (Wildman–Crippen MR) is 96.3 cm³/mol. The molecule has 0 radical (unpaired) electrons. The van der Waals surface area contributed by atoms with E-state index in [1.54, 1.807) is 19.4 Å². The molecule has 0 atom stereocenters. The molecule has 0 bridgehead atoms. The van der Waals surface area contributed by atoms with Crippen molar-refractivity contribution in [3.05, 3.63) is 36.0 Å². The molecule has 3 heterocycles. The highest BCUT2D eigenvalue weighted by atomic mass is 19.4. The molecule has 6 nitrogen and oxygen atoms in total. The Morgan fingerprint density at radius 1 is 1.15 bits per heavy atom. The lowest BCUT2D eigenvalue weighted by Gasteiger charge is -2.35. The first-order valence-electron chi connectivity index (χ1n) is 8.80. The van der Waals surface area contributed by atoms with E-state index in [1.165, 1.54) is 6.07 Å². The molecule has 1 saturated heterocycles. The van der Waals surface area contributed by atoms with Crippen LogP contribution in [0.5, 0.6) is 0 Å². The molecule has 9 heteroatoms. The first-order valence-corrected chi connectivity index (χ1v) is 8.80. The third-order valence-corrected chi connectivity index (χ3v) is 4.65. The maximum atomic E-state index is 12.3. The molecule has 2 aromatic rings. The zero-order valence-corrected chi connectivity index (χ0v) is 15.1. The van der Waals surface area contributed by atoms with Gasteiger partial charge in [0, 0.05) is 51.5 Å². The zero-order chi connectivity index (χ0) is 19.4. The molecule has 0 unspecified atom stereocenters. The van der Waals surface area contributed by atoms with Gasteiger partial charge in [-0.25, -0.2) is 0 Å². The van der Waals surface area contributed by atoms with E-state index >= 15 is 0 Å². The number of halogens is 3. The van der Waals surface area contributed by atoms with Gasteiger partial charge in [0.1, 0.15) is 12.4 Å². The average Bonchev–Trinajstić information content (AvgIpc) is 3.07. The molecule has 1 aliphatic rings. The molecule has 0 aromatic carbocycles. The number of piperazine rings is 1. The SMILES string of the molecule is COCCN1CCN(c2ccc3ccc(C(=O)NCC(F)(F)F)cn23)CC1. The van der Waals surface area contributed by atoms with Crippen LogP contribution >= 0.6 is 0 Å². The largest absolute Gasteiger partial charge is 0.405 e. The van der Waals surface area contributed by atoms with Crippen molar-refractivity contribution in [3.63, 3.8) is 0 Å². The van der Waals surface area contributed by atoms with Crippen molar-refractivity contribution in [2.75, 3.05) is 57.9 Å². The third kappa shape index (κ3) is 4.92. The van der Waals surface area contributed by atoms with Crippen LogP contribution in [-0.4, -0.2) is 74.4 Å². The highest BCUT2D eigenvalue weighted by Gasteiger charge is 2.28. The number of amides is 1. The van der Waals surface area contributed by atoms with Gasteiger partial charge < -0.3 is 19.4 Å². The summed E-state index contributed by atoms with van der Waals surface area (Å²) in [6.45, 7) is 3.73.